The van der Waals surface area contributed by atoms with Gasteiger partial charge in [-0.2, -0.15) is 11.8 Å². The number of hydrogen-bond acceptors (Lipinski definition) is 3. The number of imidazole rings is 1. The Kier molecular flexibility index (Phi) is 1.84. The van der Waals surface area contributed by atoms with Gasteiger partial charge in [-0.25, -0.2) is 4.98 Å². The summed E-state index contributed by atoms with van der Waals surface area (Å²) in [6, 6.07) is 0. The quantitative estimate of drug-likeness (QED) is 0.784. The van der Waals surface area contributed by atoms with Gasteiger partial charge in [-0.1, -0.05) is 0 Å². The lowest BCUT2D eigenvalue weighted by Crippen LogP contribution is -2.06. The molecule has 3 nitrogen and oxygen atoms in total. The molecule has 0 aromatic carbocycles. The van der Waals surface area contributed by atoms with Crippen LogP contribution in [-0.2, 0) is 11.8 Å². The molecule has 0 amide bonds. The van der Waals surface area contributed by atoms with E-state index in [0.29, 0.717) is 0 Å². The van der Waals surface area contributed by atoms with Gasteiger partial charge in [0, 0.05) is 7.05 Å². The van der Waals surface area contributed by atoms with E-state index < -0.39 is 0 Å². The molecule has 0 aliphatic heterocycles. The topological polar surface area (TPSA) is 43.8 Å². The summed E-state index contributed by atoms with van der Waals surface area (Å²) in [5.41, 5.74) is 7.09. The zero-order valence-electron chi connectivity index (χ0n) is 8.29. The van der Waals surface area contributed by atoms with Crippen molar-refractivity contribution in [1.29, 1.82) is 0 Å². The van der Waals surface area contributed by atoms with Crippen molar-refractivity contribution in [3.05, 3.63) is 11.5 Å². The van der Waals surface area contributed by atoms with Crippen LogP contribution >= 0.6 is 11.8 Å². The van der Waals surface area contributed by atoms with Crippen molar-refractivity contribution in [3.63, 3.8) is 0 Å². The molecule has 0 radical (unpaired) electrons. The van der Waals surface area contributed by atoms with Crippen LogP contribution in [0.25, 0.3) is 0 Å². The van der Waals surface area contributed by atoms with Crippen LogP contribution in [0.1, 0.15) is 24.4 Å². The summed E-state index contributed by atoms with van der Waals surface area (Å²) >= 11 is 1.87. The van der Waals surface area contributed by atoms with Crippen molar-refractivity contribution in [2.75, 3.05) is 12.0 Å². The van der Waals surface area contributed by atoms with Gasteiger partial charge in [-0.15, -0.1) is 0 Å². The molecular formula is C9H15N3S. The van der Waals surface area contributed by atoms with Crippen molar-refractivity contribution in [1.82, 2.24) is 9.55 Å². The summed E-state index contributed by atoms with van der Waals surface area (Å²) in [5, 5.41) is 0. The number of nitrogens with two attached hydrogens (primary N) is 1. The molecule has 1 saturated carbocycles. The number of hydrogen-bond donors (Lipinski definition) is 1. The Morgan fingerprint density at radius 2 is 2.15 bits per heavy atom. The van der Waals surface area contributed by atoms with Crippen molar-refractivity contribution in [3.8, 4) is 0 Å². The lowest BCUT2D eigenvalue weighted by molar-refractivity contribution is 0.868. The molecule has 2 N–H and O–H groups in total. The van der Waals surface area contributed by atoms with Crippen molar-refractivity contribution in [2.24, 2.45) is 7.05 Å². The second-order valence-corrected chi connectivity index (χ2v) is 4.84. The lowest BCUT2D eigenvalue weighted by atomic mass is 10.3. The highest BCUT2D eigenvalue weighted by atomic mass is 32.2. The molecule has 1 aliphatic carbocycles. The third-order valence-electron chi connectivity index (χ3n) is 2.89. The van der Waals surface area contributed by atoms with Gasteiger partial charge < -0.3 is 10.3 Å². The second-order valence-electron chi connectivity index (χ2n) is 3.65. The average molecular weight is 197 g/mol. The Morgan fingerprint density at radius 1 is 1.54 bits per heavy atom. The van der Waals surface area contributed by atoms with Gasteiger partial charge in [0.25, 0.3) is 0 Å². The van der Waals surface area contributed by atoms with E-state index in [2.05, 4.69) is 11.2 Å². The first-order valence-corrected chi connectivity index (χ1v) is 5.67. The number of aryl methyl sites for hydroxylation is 1. The first-order chi connectivity index (χ1) is 6.10. The van der Waals surface area contributed by atoms with Gasteiger partial charge in [-0.05, 0) is 26.0 Å². The van der Waals surface area contributed by atoms with Crippen LogP contribution in [0.2, 0.25) is 0 Å². The van der Waals surface area contributed by atoms with Gasteiger partial charge in [0.1, 0.15) is 11.6 Å². The number of rotatable bonds is 2. The highest BCUT2D eigenvalue weighted by Crippen LogP contribution is 2.56. The molecule has 1 fully saturated rings. The van der Waals surface area contributed by atoms with E-state index in [1.54, 1.807) is 0 Å². The van der Waals surface area contributed by atoms with E-state index in [9.17, 15) is 0 Å². The number of thioether (sulfide) groups is 1. The van der Waals surface area contributed by atoms with E-state index in [4.69, 9.17) is 5.73 Å². The van der Waals surface area contributed by atoms with Gasteiger partial charge in [0.15, 0.2) is 0 Å². The number of nitrogen functional groups attached to an aromatic ring is 1. The Bertz CT molecular complexity index is 339. The fourth-order valence-corrected chi connectivity index (χ4v) is 2.47. The molecule has 2 rings (SSSR count). The van der Waals surface area contributed by atoms with Gasteiger partial charge in [0.05, 0.1) is 10.4 Å². The molecule has 0 bridgehead atoms. The number of nitrogens with zero attached hydrogens (tertiary/aromatic N) is 2. The van der Waals surface area contributed by atoms with Gasteiger partial charge >= 0.3 is 0 Å². The third kappa shape index (κ3) is 1.15. The van der Waals surface area contributed by atoms with Crippen molar-refractivity contribution in [2.45, 2.75) is 24.5 Å². The maximum atomic E-state index is 5.99. The molecule has 0 unspecified atom stereocenters. The molecule has 0 spiro atoms. The zero-order valence-corrected chi connectivity index (χ0v) is 9.11. The molecule has 0 saturated heterocycles. The van der Waals surface area contributed by atoms with Crippen LogP contribution in [0.3, 0.4) is 0 Å². The van der Waals surface area contributed by atoms with Crippen molar-refractivity contribution < 1.29 is 0 Å². The Labute approximate surface area is 82.7 Å². The SMILES string of the molecule is CSC1(c2nc(C)n(C)c2N)CC1. The number of anilines is 1. The lowest BCUT2D eigenvalue weighted by Gasteiger charge is -2.09. The Balaban J connectivity index is 2.46. The van der Waals surface area contributed by atoms with Crippen LogP contribution in [0.4, 0.5) is 5.82 Å². The minimum Gasteiger partial charge on any atom is -0.384 e. The monoisotopic (exact) mass is 197 g/mol. The zero-order chi connectivity index (χ0) is 9.64. The second kappa shape index (κ2) is 2.67. The molecule has 0 atom stereocenters. The van der Waals surface area contributed by atoms with Crippen LogP contribution in [0, 0.1) is 6.92 Å². The van der Waals surface area contributed by atoms with Gasteiger partial charge in [-0.3, -0.25) is 0 Å². The molecule has 13 heavy (non-hydrogen) atoms. The van der Waals surface area contributed by atoms with Crippen LogP contribution in [-0.4, -0.2) is 15.8 Å². The van der Waals surface area contributed by atoms with E-state index in [1.165, 1.54) is 12.8 Å². The summed E-state index contributed by atoms with van der Waals surface area (Å²) < 4.78 is 2.21. The molecule has 1 aliphatic rings. The van der Waals surface area contributed by atoms with Crippen LogP contribution < -0.4 is 5.73 Å². The maximum absolute atomic E-state index is 5.99. The van der Waals surface area contributed by atoms with E-state index in [-0.39, 0.29) is 4.75 Å². The Hall–Kier alpha value is -0.640. The minimum atomic E-state index is 0.246. The predicted molar refractivity (Wildman–Crippen MR) is 56.8 cm³/mol. The van der Waals surface area contributed by atoms with Crippen LogP contribution in [0.5, 0.6) is 0 Å². The predicted octanol–water partition coefficient (Wildman–Crippen LogP) is 1.66. The maximum Gasteiger partial charge on any atom is 0.127 e. The standard InChI is InChI=1S/C9H15N3S/c1-6-11-7(8(10)12(6)2)9(13-3)4-5-9/h4-5,10H2,1-3H3. The molecule has 1 aromatic heterocycles. The average Bonchev–Trinajstić information content (AvgIpc) is 2.87. The Morgan fingerprint density at radius 3 is 2.46 bits per heavy atom. The third-order valence-corrected chi connectivity index (χ3v) is 4.27. The minimum absolute atomic E-state index is 0.246. The fraction of sp³-hybridized carbons (Fsp3) is 0.667. The summed E-state index contributed by atoms with van der Waals surface area (Å²) in [6.07, 6.45) is 4.57. The molecule has 4 heteroatoms. The molecular weight excluding hydrogens is 182 g/mol. The van der Waals surface area contributed by atoms with Gasteiger partial charge in [0.2, 0.25) is 0 Å². The largest absolute Gasteiger partial charge is 0.384 e. The van der Waals surface area contributed by atoms with Crippen LogP contribution in [0.15, 0.2) is 0 Å². The highest BCUT2D eigenvalue weighted by molar-refractivity contribution is 7.99. The molecule has 1 heterocycles. The van der Waals surface area contributed by atoms with E-state index >= 15 is 0 Å². The normalized spacial score (nSPS) is 19.0. The van der Waals surface area contributed by atoms with Crippen molar-refractivity contribution >= 4 is 17.6 Å². The summed E-state index contributed by atoms with van der Waals surface area (Å²) in [4.78, 5) is 4.53. The molecule has 1 aromatic rings. The van der Waals surface area contributed by atoms with E-state index in [0.717, 1.165) is 17.3 Å². The summed E-state index contributed by atoms with van der Waals surface area (Å²) in [5.74, 6) is 1.84. The summed E-state index contributed by atoms with van der Waals surface area (Å²) in [7, 11) is 1.97. The first kappa shape index (κ1) is 8.94. The number of aromatic nitrogens is 2. The molecule has 72 valence electrons. The smallest absolute Gasteiger partial charge is 0.127 e. The summed E-state index contributed by atoms with van der Waals surface area (Å²) in [6.45, 7) is 2.00. The highest BCUT2D eigenvalue weighted by Gasteiger charge is 2.47. The fourth-order valence-electron chi connectivity index (χ4n) is 1.61. The first-order valence-electron chi connectivity index (χ1n) is 4.45. The van der Waals surface area contributed by atoms with E-state index in [1.807, 2.05) is 30.3 Å².